The number of rotatable bonds is 4. The van der Waals surface area contributed by atoms with E-state index in [0.29, 0.717) is 41.2 Å². The van der Waals surface area contributed by atoms with Crippen molar-refractivity contribution in [2.75, 3.05) is 0 Å². The summed E-state index contributed by atoms with van der Waals surface area (Å²) in [5.41, 5.74) is 3.28. The van der Waals surface area contributed by atoms with Gasteiger partial charge in [-0.2, -0.15) is 13.2 Å². The quantitative estimate of drug-likeness (QED) is 0.355. The lowest BCUT2D eigenvalue weighted by molar-refractivity contribution is -0.137. The van der Waals surface area contributed by atoms with Crippen molar-refractivity contribution in [2.24, 2.45) is 5.41 Å². The highest BCUT2D eigenvalue weighted by Gasteiger charge is 2.38. The van der Waals surface area contributed by atoms with Crippen LogP contribution in [0.25, 0.3) is 11.1 Å². The SMILES string of the molecule is CC1(C)Cc2nc(C3CCCC3)c(Cc3ccc(C(F)(F)F)cc3F)c(-c3ccc(F)cc3)c2C(O)C1. The van der Waals surface area contributed by atoms with Crippen LogP contribution in [0.5, 0.6) is 0 Å². The van der Waals surface area contributed by atoms with Gasteiger partial charge < -0.3 is 5.11 Å². The first-order chi connectivity index (χ1) is 17.4. The maximum Gasteiger partial charge on any atom is 0.416 e. The van der Waals surface area contributed by atoms with Gasteiger partial charge in [0.05, 0.1) is 11.7 Å². The van der Waals surface area contributed by atoms with Gasteiger partial charge in [0.1, 0.15) is 11.6 Å². The van der Waals surface area contributed by atoms with Gasteiger partial charge in [-0.05, 0) is 77.6 Å². The number of aliphatic hydroxyl groups excluding tert-OH is 1. The van der Waals surface area contributed by atoms with Crippen LogP contribution in [-0.2, 0) is 19.0 Å². The van der Waals surface area contributed by atoms with Crippen LogP contribution in [0.4, 0.5) is 22.0 Å². The van der Waals surface area contributed by atoms with Gasteiger partial charge in [0.2, 0.25) is 0 Å². The lowest BCUT2D eigenvalue weighted by atomic mass is 9.71. The molecule has 0 bridgehead atoms. The summed E-state index contributed by atoms with van der Waals surface area (Å²) < 4.78 is 68.5. The van der Waals surface area contributed by atoms with E-state index in [1.165, 1.54) is 18.2 Å². The number of hydrogen-bond donors (Lipinski definition) is 1. The molecule has 7 heteroatoms. The first-order valence-corrected chi connectivity index (χ1v) is 12.8. The standard InChI is InChI=1S/C30H30F5NO/c1-29(2)15-24-27(25(37)16-29)26(17-8-11-21(31)12-9-17)22(28(36-24)18-5-3-4-6-18)13-19-7-10-20(14-23(19)32)30(33,34)35/h7-12,14,18,25,37H,3-6,13,15-16H2,1-2H3. The second-order valence-corrected chi connectivity index (χ2v) is 11.2. The van der Waals surface area contributed by atoms with Crippen molar-refractivity contribution >= 4 is 0 Å². The molecule has 0 radical (unpaired) electrons. The molecule has 2 nitrogen and oxygen atoms in total. The van der Waals surface area contributed by atoms with Crippen molar-refractivity contribution < 1.29 is 27.1 Å². The van der Waals surface area contributed by atoms with Gasteiger partial charge in [-0.3, -0.25) is 4.98 Å². The summed E-state index contributed by atoms with van der Waals surface area (Å²) >= 11 is 0. The summed E-state index contributed by atoms with van der Waals surface area (Å²) in [6, 6.07) is 8.59. The van der Waals surface area contributed by atoms with Crippen LogP contribution >= 0.6 is 0 Å². The minimum absolute atomic E-state index is 0.0267. The summed E-state index contributed by atoms with van der Waals surface area (Å²) in [4.78, 5) is 5.09. The molecule has 196 valence electrons. The second kappa shape index (κ2) is 9.50. The Hall–Kier alpha value is -2.80. The highest BCUT2D eigenvalue weighted by Crippen LogP contribution is 2.48. The molecule has 1 aromatic heterocycles. The molecule has 1 N–H and O–H groups in total. The molecule has 1 heterocycles. The molecule has 0 spiro atoms. The highest BCUT2D eigenvalue weighted by atomic mass is 19.4. The van der Waals surface area contributed by atoms with Crippen molar-refractivity contribution in [3.8, 4) is 11.1 Å². The van der Waals surface area contributed by atoms with Gasteiger partial charge in [0.15, 0.2) is 0 Å². The average Bonchev–Trinajstić information content (AvgIpc) is 3.34. The molecule has 0 saturated heterocycles. The van der Waals surface area contributed by atoms with E-state index < -0.39 is 29.5 Å². The van der Waals surface area contributed by atoms with Crippen LogP contribution in [0, 0.1) is 17.0 Å². The summed E-state index contributed by atoms with van der Waals surface area (Å²) in [5.74, 6) is -1.20. The predicted molar refractivity (Wildman–Crippen MR) is 132 cm³/mol. The number of halogens is 5. The molecule has 0 amide bonds. The van der Waals surface area contributed by atoms with Gasteiger partial charge in [0.25, 0.3) is 0 Å². The van der Waals surface area contributed by atoms with Crippen molar-refractivity contribution in [1.29, 1.82) is 0 Å². The van der Waals surface area contributed by atoms with Gasteiger partial charge in [0, 0.05) is 29.3 Å². The van der Waals surface area contributed by atoms with Gasteiger partial charge in [-0.1, -0.05) is 44.9 Å². The van der Waals surface area contributed by atoms with Gasteiger partial charge >= 0.3 is 6.18 Å². The molecule has 37 heavy (non-hydrogen) atoms. The highest BCUT2D eigenvalue weighted by molar-refractivity contribution is 5.74. The van der Waals surface area contributed by atoms with Crippen molar-refractivity contribution in [1.82, 2.24) is 4.98 Å². The summed E-state index contributed by atoms with van der Waals surface area (Å²) in [5, 5.41) is 11.3. The Morgan fingerprint density at radius 1 is 1.00 bits per heavy atom. The van der Waals surface area contributed by atoms with E-state index in [4.69, 9.17) is 4.98 Å². The van der Waals surface area contributed by atoms with Crippen LogP contribution in [0.15, 0.2) is 42.5 Å². The normalized spacial score (nSPS) is 19.7. The van der Waals surface area contributed by atoms with Crippen LogP contribution < -0.4 is 0 Å². The van der Waals surface area contributed by atoms with Gasteiger partial charge in [-0.25, -0.2) is 8.78 Å². The fraction of sp³-hybridized carbons (Fsp3) is 0.433. The molecule has 1 atom stereocenters. The third-order valence-electron chi connectivity index (χ3n) is 7.79. The summed E-state index contributed by atoms with van der Waals surface area (Å²) in [6.45, 7) is 4.16. The average molecular weight is 516 g/mol. The molecule has 1 saturated carbocycles. The Morgan fingerprint density at radius 3 is 2.30 bits per heavy atom. The first-order valence-electron chi connectivity index (χ1n) is 12.8. The molecule has 2 aliphatic rings. The van der Waals surface area contributed by atoms with Crippen LogP contribution in [0.3, 0.4) is 0 Å². The monoisotopic (exact) mass is 515 g/mol. The smallest absolute Gasteiger partial charge is 0.388 e. The first kappa shape index (κ1) is 25.8. The topological polar surface area (TPSA) is 33.1 Å². The van der Waals surface area contributed by atoms with Crippen LogP contribution in [-0.4, -0.2) is 10.1 Å². The fourth-order valence-electron chi connectivity index (χ4n) is 6.07. The predicted octanol–water partition coefficient (Wildman–Crippen LogP) is 8.30. The zero-order valence-electron chi connectivity index (χ0n) is 20.9. The van der Waals surface area contributed by atoms with Crippen molar-refractivity contribution in [2.45, 2.75) is 77.0 Å². The van der Waals surface area contributed by atoms with E-state index in [0.717, 1.165) is 43.1 Å². The number of aromatic nitrogens is 1. The Labute approximate surface area is 213 Å². The summed E-state index contributed by atoms with van der Waals surface area (Å²) in [6.07, 6.45) is -0.354. The molecule has 2 aliphatic carbocycles. The number of benzene rings is 2. The lowest BCUT2D eigenvalue weighted by Gasteiger charge is -2.37. The lowest BCUT2D eigenvalue weighted by Crippen LogP contribution is -2.28. The molecular weight excluding hydrogens is 485 g/mol. The van der Waals surface area contributed by atoms with E-state index in [9.17, 15) is 22.7 Å². The van der Waals surface area contributed by atoms with E-state index in [2.05, 4.69) is 13.8 Å². The van der Waals surface area contributed by atoms with Crippen LogP contribution in [0.2, 0.25) is 0 Å². The Bertz CT molecular complexity index is 1310. The molecule has 5 rings (SSSR count). The third kappa shape index (κ3) is 5.15. The Balaban J connectivity index is 1.75. The summed E-state index contributed by atoms with van der Waals surface area (Å²) in [7, 11) is 0. The number of fused-ring (bicyclic) bond motifs is 1. The number of pyridine rings is 1. The van der Waals surface area contributed by atoms with E-state index in [-0.39, 0.29) is 23.3 Å². The minimum atomic E-state index is -4.64. The van der Waals surface area contributed by atoms with E-state index in [1.807, 2.05) is 0 Å². The molecule has 0 aliphatic heterocycles. The van der Waals surface area contributed by atoms with Crippen molar-refractivity contribution in [3.63, 3.8) is 0 Å². The van der Waals surface area contributed by atoms with E-state index >= 15 is 4.39 Å². The van der Waals surface area contributed by atoms with Gasteiger partial charge in [-0.15, -0.1) is 0 Å². The Morgan fingerprint density at radius 2 is 1.68 bits per heavy atom. The minimum Gasteiger partial charge on any atom is -0.388 e. The zero-order valence-corrected chi connectivity index (χ0v) is 20.9. The molecule has 3 aromatic rings. The third-order valence-corrected chi connectivity index (χ3v) is 7.79. The number of hydrogen-bond acceptors (Lipinski definition) is 2. The van der Waals surface area contributed by atoms with Crippen molar-refractivity contribution in [3.05, 3.63) is 87.7 Å². The number of alkyl halides is 3. The molecular formula is C30H30F5NO. The van der Waals surface area contributed by atoms with E-state index in [1.54, 1.807) is 12.1 Å². The maximum absolute atomic E-state index is 15.1. The zero-order chi connectivity index (χ0) is 26.5. The molecule has 2 aromatic carbocycles. The number of nitrogens with zero attached hydrogens (tertiary/aromatic N) is 1. The number of aliphatic hydroxyl groups is 1. The fourth-order valence-corrected chi connectivity index (χ4v) is 6.07. The second-order valence-electron chi connectivity index (χ2n) is 11.2. The molecule has 1 unspecified atom stereocenters. The largest absolute Gasteiger partial charge is 0.416 e. The maximum atomic E-state index is 15.1. The Kier molecular flexibility index (Phi) is 6.63. The molecule has 1 fully saturated rings. The van der Waals surface area contributed by atoms with Crippen LogP contribution in [0.1, 0.15) is 91.6 Å².